The van der Waals surface area contributed by atoms with Gasteiger partial charge in [0.15, 0.2) is 0 Å². The van der Waals surface area contributed by atoms with Crippen LogP contribution in [0.2, 0.25) is 0 Å². The molecule has 2 aliphatic rings. The van der Waals surface area contributed by atoms with Gasteiger partial charge in [0.1, 0.15) is 0 Å². The summed E-state index contributed by atoms with van der Waals surface area (Å²) >= 11 is 1.69. The number of carbonyl (C=O) groups is 1. The topological polar surface area (TPSA) is 29.5 Å². The molecule has 0 unspecified atom stereocenters. The summed E-state index contributed by atoms with van der Waals surface area (Å²) in [5, 5.41) is 4.19. The SMILES string of the molecule is O=C(c1ccc(-c2ccsc2)cc1)N1CC[C@@H](OCC2CC2)C1. The van der Waals surface area contributed by atoms with Gasteiger partial charge in [-0.25, -0.2) is 0 Å². The molecular weight excluding hydrogens is 306 g/mol. The highest BCUT2D eigenvalue weighted by atomic mass is 32.1. The van der Waals surface area contributed by atoms with Crippen LogP contribution in [0.5, 0.6) is 0 Å². The fraction of sp³-hybridized carbons (Fsp3) is 0.421. The van der Waals surface area contributed by atoms with Crippen LogP contribution in [-0.4, -0.2) is 36.6 Å². The number of rotatable bonds is 5. The fourth-order valence-corrected chi connectivity index (χ4v) is 3.69. The number of likely N-dealkylation sites (tertiary alicyclic amines) is 1. The second kappa shape index (κ2) is 6.46. The molecule has 1 saturated carbocycles. The smallest absolute Gasteiger partial charge is 0.253 e. The minimum absolute atomic E-state index is 0.124. The van der Waals surface area contributed by atoms with Gasteiger partial charge >= 0.3 is 0 Å². The zero-order valence-electron chi connectivity index (χ0n) is 13.1. The Labute approximate surface area is 140 Å². The minimum atomic E-state index is 0.124. The van der Waals surface area contributed by atoms with Crippen LogP contribution >= 0.6 is 11.3 Å². The Morgan fingerprint density at radius 2 is 1.96 bits per heavy atom. The van der Waals surface area contributed by atoms with E-state index in [2.05, 4.69) is 16.8 Å². The molecule has 2 fully saturated rings. The predicted molar refractivity (Wildman–Crippen MR) is 92.7 cm³/mol. The lowest BCUT2D eigenvalue weighted by atomic mass is 10.1. The summed E-state index contributed by atoms with van der Waals surface area (Å²) in [5.41, 5.74) is 3.14. The van der Waals surface area contributed by atoms with E-state index in [1.165, 1.54) is 18.4 Å². The molecule has 1 aromatic carbocycles. The quantitative estimate of drug-likeness (QED) is 0.829. The lowest BCUT2D eigenvalue weighted by Gasteiger charge is -2.17. The Balaban J connectivity index is 1.36. The van der Waals surface area contributed by atoms with Gasteiger partial charge in [-0.05, 0) is 65.3 Å². The Hall–Kier alpha value is -1.65. The molecule has 4 rings (SSSR count). The van der Waals surface area contributed by atoms with Gasteiger partial charge in [0.25, 0.3) is 5.91 Å². The van der Waals surface area contributed by atoms with Crippen molar-refractivity contribution in [1.29, 1.82) is 0 Å². The van der Waals surface area contributed by atoms with Crippen molar-refractivity contribution in [1.82, 2.24) is 4.90 Å². The molecular formula is C19H21NO2S. The first-order valence-corrected chi connectivity index (χ1v) is 9.27. The molecule has 1 aliphatic heterocycles. The summed E-state index contributed by atoms with van der Waals surface area (Å²) < 4.78 is 5.92. The molecule has 3 nitrogen and oxygen atoms in total. The molecule has 0 radical (unpaired) electrons. The fourth-order valence-electron chi connectivity index (χ4n) is 3.02. The van der Waals surface area contributed by atoms with Crippen molar-refractivity contribution in [3.63, 3.8) is 0 Å². The molecule has 23 heavy (non-hydrogen) atoms. The predicted octanol–water partition coefficient (Wildman–Crippen LogP) is 4.06. The van der Waals surface area contributed by atoms with Gasteiger partial charge in [-0.15, -0.1) is 0 Å². The zero-order chi connectivity index (χ0) is 15.6. The lowest BCUT2D eigenvalue weighted by molar-refractivity contribution is 0.0480. The molecule has 120 valence electrons. The van der Waals surface area contributed by atoms with Crippen molar-refractivity contribution >= 4 is 17.2 Å². The summed E-state index contributed by atoms with van der Waals surface area (Å²) in [4.78, 5) is 14.5. The maximum Gasteiger partial charge on any atom is 0.253 e. The van der Waals surface area contributed by atoms with E-state index >= 15 is 0 Å². The average molecular weight is 327 g/mol. The van der Waals surface area contributed by atoms with Crippen LogP contribution in [0.1, 0.15) is 29.6 Å². The van der Waals surface area contributed by atoms with Crippen LogP contribution in [0.15, 0.2) is 41.1 Å². The third-order valence-electron chi connectivity index (χ3n) is 4.68. The summed E-state index contributed by atoms with van der Waals surface area (Å²) in [6, 6.07) is 10.0. The third-order valence-corrected chi connectivity index (χ3v) is 5.37. The van der Waals surface area contributed by atoms with Crippen LogP contribution in [-0.2, 0) is 4.74 Å². The maximum absolute atomic E-state index is 12.6. The van der Waals surface area contributed by atoms with Crippen molar-refractivity contribution in [2.24, 2.45) is 5.92 Å². The second-order valence-corrected chi connectivity index (χ2v) is 7.31. The van der Waals surface area contributed by atoms with Gasteiger partial charge in [0.2, 0.25) is 0 Å². The van der Waals surface area contributed by atoms with Crippen LogP contribution < -0.4 is 0 Å². The molecule has 0 N–H and O–H groups in total. The number of carbonyl (C=O) groups excluding carboxylic acids is 1. The number of hydrogen-bond acceptors (Lipinski definition) is 3. The Bertz CT molecular complexity index is 661. The van der Waals surface area contributed by atoms with E-state index in [1.54, 1.807) is 11.3 Å². The minimum Gasteiger partial charge on any atom is -0.376 e. The van der Waals surface area contributed by atoms with Crippen molar-refractivity contribution < 1.29 is 9.53 Å². The number of ether oxygens (including phenoxy) is 1. The standard InChI is InChI=1S/C19H21NO2S/c21-19(20-9-7-18(11-20)22-12-14-1-2-14)16-5-3-15(4-6-16)17-8-10-23-13-17/h3-6,8,10,13-14,18H,1-2,7,9,11-12H2/t18-/m1/s1. The maximum atomic E-state index is 12.6. The molecule has 4 heteroatoms. The first-order chi connectivity index (χ1) is 11.3. The molecule has 1 saturated heterocycles. The normalized spacial score (nSPS) is 20.9. The van der Waals surface area contributed by atoms with E-state index in [0.29, 0.717) is 0 Å². The molecule has 0 bridgehead atoms. The van der Waals surface area contributed by atoms with Gasteiger partial charge < -0.3 is 9.64 Å². The van der Waals surface area contributed by atoms with Gasteiger partial charge in [-0.1, -0.05) is 12.1 Å². The monoisotopic (exact) mass is 327 g/mol. The Morgan fingerprint density at radius 1 is 1.13 bits per heavy atom. The van der Waals surface area contributed by atoms with Gasteiger partial charge in [0, 0.05) is 25.3 Å². The number of hydrogen-bond donors (Lipinski definition) is 0. The average Bonchev–Trinajstić information content (AvgIpc) is 3.07. The number of benzene rings is 1. The molecule has 1 aliphatic carbocycles. The van der Waals surface area contributed by atoms with E-state index in [-0.39, 0.29) is 12.0 Å². The largest absolute Gasteiger partial charge is 0.376 e. The van der Waals surface area contributed by atoms with E-state index in [1.807, 2.05) is 29.2 Å². The van der Waals surface area contributed by atoms with Gasteiger partial charge in [-0.3, -0.25) is 4.79 Å². The van der Waals surface area contributed by atoms with Gasteiger partial charge in [-0.2, -0.15) is 11.3 Å². The summed E-state index contributed by atoms with van der Waals surface area (Å²) in [6.07, 6.45) is 3.81. The van der Waals surface area contributed by atoms with E-state index < -0.39 is 0 Å². The van der Waals surface area contributed by atoms with Crippen LogP contribution in [0.3, 0.4) is 0 Å². The highest BCUT2D eigenvalue weighted by Gasteiger charge is 2.29. The van der Waals surface area contributed by atoms with Gasteiger partial charge in [0.05, 0.1) is 6.10 Å². The van der Waals surface area contributed by atoms with Crippen molar-refractivity contribution in [3.8, 4) is 11.1 Å². The molecule has 1 aromatic heterocycles. The summed E-state index contributed by atoms with van der Waals surface area (Å²) in [7, 11) is 0. The number of thiophene rings is 1. The van der Waals surface area contributed by atoms with Crippen LogP contribution in [0, 0.1) is 5.92 Å². The van der Waals surface area contributed by atoms with E-state index in [4.69, 9.17) is 4.74 Å². The number of amides is 1. The highest BCUT2D eigenvalue weighted by Crippen LogP contribution is 2.30. The van der Waals surface area contributed by atoms with Crippen LogP contribution in [0.4, 0.5) is 0 Å². The van der Waals surface area contributed by atoms with Crippen molar-refractivity contribution in [2.75, 3.05) is 19.7 Å². The molecule has 1 amide bonds. The molecule has 1 atom stereocenters. The van der Waals surface area contributed by atoms with Crippen molar-refractivity contribution in [3.05, 3.63) is 46.7 Å². The summed E-state index contributed by atoms with van der Waals surface area (Å²) in [6.45, 7) is 2.42. The van der Waals surface area contributed by atoms with Crippen molar-refractivity contribution in [2.45, 2.75) is 25.4 Å². The first-order valence-electron chi connectivity index (χ1n) is 8.33. The lowest BCUT2D eigenvalue weighted by Crippen LogP contribution is -2.30. The first kappa shape index (κ1) is 14.9. The number of nitrogens with zero attached hydrogens (tertiary/aromatic N) is 1. The molecule has 2 aromatic rings. The summed E-state index contributed by atoms with van der Waals surface area (Å²) in [5.74, 6) is 0.906. The Kier molecular flexibility index (Phi) is 4.19. The van der Waals surface area contributed by atoms with Crippen LogP contribution in [0.25, 0.3) is 11.1 Å². The molecule has 0 spiro atoms. The highest BCUT2D eigenvalue weighted by molar-refractivity contribution is 7.08. The van der Waals surface area contributed by atoms with E-state index in [0.717, 1.165) is 43.2 Å². The Morgan fingerprint density at radius 3 is 2.65 bits per heavy atom. The second-order valence-electron chi connectivity index (χ2n) is 6.53. The van der Waals surface area contributed by atoms with E-state index in [9.17, 15) is 4.79 Å². The molecule has 2 heterocycles. The zero-order valence-corrected chi connectivity index (χ0v) is 13.9. The third kappa shape index (κ3) is 3.48.